The fraction of sp³-hybridized carbons (Fsp3) is 0.833. The first-order chi connectivity index (χ1) is 3.95. The summed E-state index contributed by atoms with van der Waals surface area (Å²) in [7, 11) is 5.77. The number of hydrogen-bond acceptors (Lipinski definition) is 2. The summed E-state index contributed by atoms with van der Waals surface area (Å²) >= 11 is 0. The quantitative estimate of drug-likeness (QED) is 0.405. The Morgan fingerprint density at radius 3 is 2.11 bits per heavy atom. The zero-order chi connectivity index (χ0) is 7.49. The summed E-state index contributed by atoms with van der Waals surface area (Å²) in [6, 6.07) is 0. The molecule has 0 radical (unpaired) electrons. The first-order valence-corrected chi connectivity index (χ1v) is 2.89. The van der Waals surface area contributed by atoms with E-state index in [4.69, 9.17) is 5.11 Å². The molecule has 0 saturated heterocycles. The van der Waals surface area contributed by atoms with Crippen LogP contribution in [0.2, 0.25) is 0 Å². The molecule has 1 unspecified atom stereocenters. The molecular weight excluding hydrogens is 118 g/mol. The van der Waals surface area contributed by atoms with Crippen LogP contribution < -0.4 is 0 Å². The van der Waals surface area contributed by atoms with Crippen molar-refractivity contribution >= 4 is 6.29 Å². The fourth-order valence-corrected chi connectivity index (χ4v) is 0.604. The smallest absolute Gasteiger partial charge is 0.158 e. The average molecular weight is 132 g/mol. The third-order valence-electron chi connectivity index (χ3n) is 0.892. The standard InChI is InChI=1S/C6H14NO2/c1-7(2,3)4-6(9)5-8/h5-6,9H,4H2,1-3H3/q+1. The molecule has 54 valence electrons. The van der Waals surface area contributed by atoms with Crippen LogP contribution in [0.25, 0.3) is 0 Å². The van der Waals surface area contributed by atoms with Gasteiger partial charge in [0.1, 0.15) is 6.54 Å². The van der Waals surface area contributed by atoms with Crippen molar-refractivity contribution in [3.05, 3.63) is 0 Å². The number of aldehydes is 1. The highest BCUT2D eigenvalue weighted by molar-refractivity contribution is 5.55. The second-order valence-corrected chi connectivity index (χ2v) is 3.18. The molecule has 0 aromatic heterocycles. The Balaban J connectivity index is 3.59. The molecular formula is C6H14NO2+. The minimum absolute atomic E-state index is 0.476. The molecule has 0 aromatic rings. The molecule has 0 heterocycles. The number of carbonyl (C=O) groups excluding carboxylic acids is 1. The number of rotatable bonds is 3. The van der Waals surface area contributed by atoms with E-state index in [-0.39, 0.29) is 0 Å². The van der Waals surface area contributed by atoms with Gasteiger partial charge in [0.2, 0.25) is 0 Å². The molecule has 1 atom stereocenters. The van der Waals surface area contributed by atoms with E-state index in [1.165, 1.54) is 0 Å². The van der Waals surface area contributed by atoms with Gasteiger partial charge in [0.15, 0.2) is 12.4 Å². The van der Waals surface area contributed by atoms with Gasteiger partial charge in [0.25, 0.3) is 0 Å². The van der Waals surface area contributed by atoms with Gasteiger partial charge in [0.05, 0.1) is 21.1 Å². The Hall–Kier alpha value is -0.410. The maximum absolute atomic E-state index is 9.92. The van der Waals surface area contributed by atoms with Crippen molar-refractivity contribution < 1.29 is 14.4 Å². The highest BCUT2D eigenvalue weighted by Crippen LogP contribution is 1.91. The molecule has 0 aromatic carbocycles. The van der Waals surface area contributed by atoms with E-state index in [9.17, 15) is 4.79 Å². The molecule has 3 nitrogen and oxygen atoms in total. The normalized spacial score (nSPS) is 15.1. The van der Waals surface area contributed by atoms with Crippen LogP contribution in [0.1, 0.15) is 0 Å². The van der Waals surface area contributed by atoms with Gasteiger partial charge >= 0.3 is 0 Å². The molecule has 1 N–H and O–H groups in total. The van der Waals surface area contributed by atoms with E-state index in [1.807, 2.05) is 21.1 Å². The summed E-state index contributed by atoms with van der Waals surface area (Å²) in [4.78, 5) is 9.92. The number of carbonyl (C=O) groups is 1. The van der Waals surface area contributed by atoms with E-state index in [1.54, 1.807) is 0 Å². The molecule has 0 spiro atoms. The van der Waals surface area contributed by atoms with E-state index >= 15 is 0 Å². The van der Waals surface area contributed by atoms with Crippen molar-refractivity contribution in [1.82, 2.24) is 0 Å². The molecule has 0 fully saturated rings. The van der Waals surface area contributed by atoms with Gasteiger partial charge in [-0.15, -0.1) is 0 Å². The van der Waals surface area contributed by atoms with Gasteiger partial charge in [0, 0.05) is 0 Å². The topological polar surface area (TPSA) is 37.3 Å². The zero-order valence-electron chi connectivity index (χ0n) is 6.16. The van der Waals surface area contributed by atoms with Crippen LogP contribution in [0.3, 0.4) is 0 Å². The highest BCUT2D eigenvalue weighted by atomic mass is 16.3. The maximum Gasteiger partial charge on any atom is 0.158 e. The van der Waals surface area contributed by atoms with Crippen LogP contribution in [-0.4, -0.2) is 49.7 Å². The van der Waals surface area contributed by atoms with E-state index in [0.717, 1.165) is 0 Å². The van der Waals surface area contributed by atoms with Gasteiger partial charge in [-0.25, -0.2) is 0 Å². The van der Waals surface area contributed by atoms with Crippen LogP contribution in [0, 0.1) is 0 Å². The lowest BCUT2D eigenvalue weighted by molar-refractivity contribution is -0.872. The minimum Gasteiger partial charge on any atom is -0.380 e. The van der Waals surface area contributed by atoms with Crippen LogP contribution in [0.4, 0.5) is 0 Å². The first-order valence-electron chi connectivity index (χ1n) is 2.89. The number of likely N-dealkylation sites (N-methyl/N-ethyl adjacent to an activating group) is 1. The van der Waals surface area contributed by atoms with E-state index < -0.39 is 6.10 Å². The third kappa shape index (κ3) is 5.46. The van der Waals surface area contributed by atoms with Crippen LogP contribution in [0.15, 0.2) is 0 Å². The SMILES string of the molecule is C[N+](C)(C)CC(O)C=O. The van der Waals surface area contributed by atoms with Gasteiger partial charge in [-0.2, -0.15) is 0 Å². The molecule has 0 amide bonds. The Morgan fingerprint density at radius 1 is 1.56 bits per heavy atom. The van der Waals surface area contributed by atoms with Crippen LogP contribution >= 0.6 is 0 Å². The van der Waals surface area contributed by atoms with Crippen LogP contribution in [0.5, 0.6) is 0 Å². The maximum atomic E-state index is 9.92. The lowest BCUT2D eigenvalue weighted by Gasteiger charge is -2.24. The fourth-order valence-electron chi connectivity index (χ4n) is 0.604. The molecule has 9 heavy (non-hydrogen) atoms. The Labute approximate surface area is 55.5 Å². The summed E-state index contributed by atoms with van der Waals surface area (Å²) in [6.07, 6.45) is -0.256. The first kappa shape index (κ1) is 8.59. The third-order valence-corrected chi connectivity index (χ3v) is 0.892. The summed E-state index contributed by atoms with van der Waals surface area (Å²) in [5, 5.41) is 8.81. The average Bonchev–Trinajstić information content (AvgIpc) is 1.62. The number of hydrogen-bond donors (Lipinski definition) is 1. The monoisotopic (exact) mass is 132 g/mol. The zero-order valence-corrected chi connectivity index (χ0v) is 6.16. The largest absolute Gasteiger partial charge is 0.380 e. The van der Waals surface area contributed by atoms with Crippen molar-refractivity contribution in [1.29, 1.82) is 0 Å². The van der Waals surface area contributed by atoms with Crippen molar-refractivity contribution in [3.63, 3.8) is 0 Å². The minimum atomic E-state index is -0.815. The highest BCUT2D eigenvalue weighted by Gasteiger charge is 2.13. The van der Waals surface area contributed by atoms with Gasteiger partial charge < -0.3 is 14.4 Å². The summed E-state index contributed by atoms with van der Waals surface area (Å²) < 4.78 is 0.611. The second-order valence-electron chi connectivity index (χ2n) is 3.18. The summed E-state index contributed by atoms with van der Waals surface area (Å²) in [5.41, 5.74) is 0. The Bertz CT molecular complexity index is 95.7. The van der Waals surface area contributed by atoms with Crippen molar-refractivity contribution in [3.8, 4) is 0 Å². The molecule has 0 aliphatic rings. The predicted molar refractivity (Wildman–Crippen MR) is 35.0 cm³/mol. The lowest BCUT2D eigenvalue weighted by Crippen LogP contribution is -2.41. The summed E-state index contributed by atoms with van der Waals surface area (Å²) in [5.74, 6) is 0. The molecule has 0 saturated carbocycles. The van der Waals surface area contributed by atoms with Crippen LogP contribution in [-0.2, 0) is 4.79 Å². The summed E-state index contributed by atoms with van der Waals surface area (Å²) in [6.45, 7) is 0.476. The molecule has 0 aliphatic heterocycles. The molecule has 0 rings (SSSR count). The molecule has 3 heteroatoms. The lowest BCUT2D eigenvalue weighted by atomic mass is 10.3. The number of nitrogens with zero attached hydrogens (tertiary/aromatic N) is 1. The molecule has 0 bridgehead atoms. The number of quaternary nitrogens is 1. The van der Waals surface area contributed by atoms with Gasteiger partial charge in [-0.1, -0.05) is 0 Å². The van der Waals surface area contributed by atoms with Gasteiger partial charge in [-0.05, 0) is 0 Å². The Kier molecular flexibility index (Phi) is 2.81. The molecule has 0 aliphatic carbocycles. The van der Waals surface area contributed by atoms with Crippen molar-refractivity contribution in [2.45, 2.75) is 6.10 Å². The van der Waals surface area contributed by atoms with E-state index in [2.05, 4.69) is 0 Å². The second kappa shape index (κ2) is 2.94. The van der Waals surface area contributed by atoms with Crippen molar-refractivity contribution in [2.75, 3.05) is 27.7 Å². The van der Waals surface area contributed by atoms with Gasteiger partial charge in [-0.3, -0.25) is 0 Å². The Morgan fingerprint density at radius 2 is 2.00 bits per heavy atom. The van der Waals surface area contributed by atoms with Crippen molar-refractivity contribution in [2.24, 2.45) is 0 Å². The number of aliphatic hydroxyl groups excluding tert-OH is 1. The van der Waals surface area contributed by atoms with E-state index in [0.29, 0.717) is 17.3 Å². The predicted octanol–water partition coefficient (Wildman–Crippen LogP) is -0.748. The number of aliphatic hydroxyl groups is 1.